The Morgan fingerprint density at radius 1 is 1.07 bits per heavy atom. The molecule has 2 heterocycles. The van der Waals surface area contributed by atoms with E-state index in [1.807, 2.05) is 0 Å². The Labute approximate surface area is 157 Å². The summed E-state index contributed by atoms with van der Waals surface area (Å²) >= 11 is 0. The molecule has 2 aliphatic rings. The number of ketones is 1. The van der Waals surface area contributed by atoms with Gasteiger partial charge in [-0.05, 0) is 30.7 Å². The van der Waals surface area contributed by atoms with Crippen molar-refractivity contribution >= 4 is 29.4 Å². The lowest BCUT2D eigenvalue weighted by molar-refractivity contribution is -0.132. The van der Waals surface area contributed by atoms with Gasteiger partial charge in [-0.1, -0.05) is 0 Å². The number of anilines is 1. The van der Waals surface area contributed by atoms with Crippen LogP contribution in [0.1, 0.15) is 35.7 Å². The zero-order valence-electron chi connectivity index (χ0n) is 15.3. The molecule has 3 rings (SSSR count). The summed E-state index contributed by atoms with van der Waals surface area (Å²) < 4.78 is 4.96. The SMILES string of the molecule is CCOC(=O)N1CCN(C(=O)CCC(=O)c2ccc3c(c2)CC(=O)N3)CC1. The molecule has 144 valence electrons. The summed E-state index contributed by atoms with van der Waals surface area (Å²) in [4.78, 5) is 51.1. The Morgan fingerprint density at radius 2 is 1.78 bits per heavy atom. The zero-order chi connectivity index (χ0) is 19.4. The molecular formula is C19H23N3O5. The molecule has 1 aromatic carbocycles. The highest BCUT2D eigenvalue weighted by Gasteiger charge is 2.25. The van der Waals surface area contributed by atoms with Crippen LogP contribution >= 0.6 is 0 Å². The van der Waals surface area contributed by atoms with E-state index in [0.29, 0.717) is 38.3 Å². The van der Waals surface area contributed by atoms with E-state index >= 15 is 0 Å². The number of ether oxygens (including phenoxy) is 1. The molecule has 1 N–H and O–H groups in total. The van der Waals surface area contributed by atoms with E-state index < -0.39 is 0 Å². The summed E-state index contributed by atoms with van der Waals surface area (Å²) in [6, 6.07) is 5.12. The number of benzene rings is 1. The first-order valence-electron chi connectivity index (χ1n) is 9.13. The van der Waals surface area contributed by atoms with Gasteiger partial charge in [0, 0.05) is 50.3 Å². The number of Topliss-reactive ketones (excluding diaryl/α,β-unsaturated/α-hetero) is 1. The zero-order valence-corrected chi connectivity index (χ0v) is 15.3. The van der Waals surface area contributed by atoms with Crippen LogP contribution < -0.4 is 5.32 Å². The molecule has 8 heteroatoms. The molecule has 1 aromatic rings. The van der Waals surface area contributed by atoms with Crippen LogP contribution in [0.25, 0.3) is 0 Å². The summed E-state index contributed by atoms with van der Waals surface area (Å²) in [6.45, 7) is 3.84. The number of fused-ring (bicyclic) bond motifs is 1. The Bertz CT molecular complexity index is 769. The molecule has 0 atom stereocenters. The highest BCUT2D eigenvalue weighted by Crippen LogP contribution is 2.24. The van der Waals surface area contributed by atoms with Crippen LogP contribution in [-0.4, -0.2) is 66.3 Å². The van der Waals surface area contributed by atoms with E-state index in [2.05, 4.69) is 5.32 Å². The molecule has 0 radical (unpaired) electrons. The van der Waals surface area contributed by atoms with E-state index in [4.69, 9.17) is 4.74 Å². The lowest BCUT2D eigenvalue weighted by Gasteiger charge is -2.34. The lowest BCUT2D eigenvalue weighted by atomic mass is 10.0. The van der Waals surface area contributed by atoms with Crippen molar-refractivity contribution in [3.05, 3.63) is 29.3 Å². The van der Waals surface area contributed by atoms with E-state index in [1.54, 1.807) is 34.9 Å². The maximum absolute atomic E-state index is 12.4. The van der Waals surface area contributed by atoms with Crippen molar-refractivity contribution in [2.45, 2.75) is 26.2 Å². The Hall–Kier alpha value is -2.90. The monoisotopic (exact) mass is 373 g/mol. The van der Waals surface area contributed by atoms with Crippen molar-refractivity contribution in [2.24, 2.45) is 0 Å². The third-order valence-electron chi connectivity index (χ3n) is 4.78. The summed E-state index contributed by atoms with van der Waals surface area (Å²) in [5, 5.41) is 2.73. The fourth-order valence-corrected chi connectivity index (χ4v) is 3.28. The quantitative estimate of drug-likeness (QED) is 0.788. The number of nitrogens with zero attached hydrogens (tertiary/aromatic N) is 2. The van der Waals surface area contributed by atoms with Gasteiger partial charge in [-0.3, -0.25) is 14.4 Å². The molecule has 3 amide bonds. The average Bonchev–Trinajstić information content (AvgIpc) is 3.05. The molecule has 0 saturated carbocycles. The first kappa shape index (κ1) is 18.9. The minimum absolute atomic E-state index is 0.0771. The third kappa shape index (κ3) is 4.45. The van der Waals surface area contributed by atoms with Crippen LogP contribution in [0.2, 0.25) is 0 Å². The van der Waals surface area contributed by atoms with Crippen molar-refractivity contribution in [2.75, 3.05) is 38.1 Å². The second-order valence-electron chi connectivity index (χ2n) is 6.59. The average molecular weight is 373 g/mol. The molecular weight excluding hydrogens is 350 g/mol. The maximum atomic E-state index is 12.4. The van der Waals surface area contributed by atoms with Gasteiger partial charge in [-0.25, -0.2) is 4.79 Å². The third-order valence-corrected chi connectivity index (χ3v) is 4.78. The largest absolute Gasteiger partial charge is 0.450 e. The molecule has 0 unspecified atom stereocenters. The van der Waals surface area contributed by atoms with Gasteiger partial charge in [0.05, 0.1) is 13.0 Å². The molecule has 0 bridgehead atoms. The Balaban J connectivity index is 1.47. The predicted octanol–water partition coefficient (Wildman–Crippen LogP) is 1.44. The molecule has 0 spiro atoms. The molecule has 0 aliphatic carbocycles. The van der Waals surface area contributed by atoms with Crippen molar-refractivity contribution in [3.63, 3.8) is 0 Å². The van der Waals surface area contributed by atoms with Crippen LogP contribution in [0, 0.1) is 0 Å². The normalized spacial score (nSPS) is 16.0. The summed E-state index contributed by atoms with van der Waals surface area (Å²) in [7, 11) is 0. The van der Waals surface area contributed by atoms with Gasteiger partial charge < -0.3 is 19.9 Å². The number of carbonyl (C=O) groups excluding carboxylic acids is 4. The minimum atomic E-state index is -0.357. The predicted molar refractivity (Wildman–Crippen MR) is 97.5 cm³/mol. The maximum Gasteiger partial charge on any atom is 0.409 e. The van der Waals surface area contributed by atoms with Gasteiger partial charge in [-0.2, -0.15) is 0 Å². The van der Waals surface area contributed by atoms with E-state index in [1.165, 1.54) is 0 Å². The highest BCUT2D eigenvalue weighted by molar-refractivity contribution is 6.02. The van der Waals surface area contributed by atoms with E-state index in [0.717, 1.165) is 11.3 Å². The molecule has 8 nitrogen and oxygen atoms in total. The van der Waals surface area contributed by atoms with Gasteiger partial charge in [0.2, 0.25) is 11.8 Å². The highest BCUT2D eigenvalue weighted by atomic mass is 16.6. The van der Waals surface area contributed by atoms with E-state index in [-0.39, 0.29) is 43.0 Å². The number of hydrogen-bond acceptors (Lipinski definition) is 5. The lowest BCUT2D eigenvalue weighted by Crippen LogP contribution is -2.50. The molecule has 27 heavy (non-hydrogen) atoms. The summed E-state index contributed by atoms with van der Waals surface area (Å²) in [5.41, 5.74) is 2.07. The molecule has 0 aromatic heterocycles. The second kappa shape index (κ2) is 8.20. The number of piperazine rings is 1. The molecule has 1 saturated heterocycles. The Kier molecular flexibility index (Phi) is 5.73. The number of amides is 3. The standard InChI is InChI=1S/C19H23N3O5/c1-2-27-19(26)22-9-7-21(8-10-22)18(25)6-5-16(23)13-3-4-15-14(11-13)12-17(24)20-15/h3-4,11H,2,5-10,12H2,1H3,(H,20,24). The molecule has 1 fully saturated rings. The fourth-order valence-electron chi connectivity index (χ4n) is 3.28. The van der Waals surface area contributed by atoms with Crippen LogP contribution in [-0.2, 0) is 20.7 Å². The van der Waals surface area contributed by atoms with E-state index in [9.17, 15) is 19.2 Å². The van der Waals surface area contributed by atoms with Gasteiger partial charge in [0.25, 0.3) is 0 Å². The van der Waals surface area contributed by atoms with Crippen molar-refractivity contribution in [1.82, 2.24) is 9.80 Å². The topological polar surface area (TPSA) is 96.0 Å². The van der Waals surface area contributed by atoms with Gasteiger partial charge in [-0.15, -0.1) is 0 Å². The van der Waals surface area contributed by atoms with Crippen LogP contribution in [0.15, 0.2) is 18.2 Å². The first-order valence-corrected chi connectivity index (χ1v) is 9.13. The van der Waals surface area contributed by atoms with Crippen LogP contribution in [0.5, 0.6) is 0 Å². The van der Waals surface area contributed by atoms with Crippen LogP contribution in [0.4, 0.5) is 10.5 Å². The Morgan fingerprint density at radius 3 is 2.48 bits per heavy atom. The first-order chi connectivity index (χ1) is 13.0. The summed E-state index contributed by atoms with van der Waals surface area (Å²) in [6.07, 6.45) is 0.174. The van der Waals surface area contributed by atoms with Gasteiger partial charge in [0.15, 0.2) is 5.78 Å². The number of hydrogen-bond donors (Lipinski definition) is 1. The van der Waals surface area contributed by atoms with Crippen molar-refractivity contribution in [3.8, 4) is 0 Å². The smallest absolute Gasteiger partial charge is 0.409 e. The second-order valence-corrected chi connectivity index (χ2v) is 6.59. The molecule has 2 aliphatic heterocycles. The van der Waals surface area contributed by atoms with Gasteiger partial charge >= 0.3 is 6.09 Å². The van der Waals surface area contributed by atoms with Crippen LogP contribution in [0.3, 0.4) is 0 Å². The number of carbonyl (C=O) groups is 4. The summed E-state index contributed by atoms with van der Waals surface area (Å²) in [5.74, 6) is -0.285. The number of rotatable bonds is 5. The van der Waals surface area contributed by atoms with Gasteiger partial charge in [0.1, 0.15) is 0 Å². The fraction of sp³-hybridized carbons (Fsp3) is 0.474. The minimum Gasteiger partial charge on any atom is -0.450 e. The van der Waals surface area contributed by atoms with Crippen molar-refractivity contribution in [1.29, 1.82) is 0 Å². The van der Waals surface area contributed by atoms with Crippen molar-refractivity contribution < 1.29 is 23.9 Å². The number of nitrogens with one attached hydrogen (secondary N) is 1.